The van der Waals surface area contributed by atoms with Crippen LogP contribution in [0.2, 0.25) is 5.02 Å². The Labute approximate surface area is 159 Å². The van der Waals surface area contributed by atoms with Gasteiger partial charge in [0.15, 0.2) is 0 Å². The largest absolute Gasteiger partial charge is 0.458 e. The molecule has 130 valence electrons. The Bertz CT molecular complexity index is 767. The Kier molecular flexibility index (Phi) is 6.04. The minimum atomic E-state index is -0.104. The third kappa shape index (κ3) is 5.03. The van der Waals surface area contributed by atoms with Crippen LogP contribution in [-0.4, -0.2) is 40.0 Å². The molecule has 2 heterocycles. The van der Waals surface area contributed by atoms with E-state index in [4.69, 9.17) is 16.3 Å². The van der Waals surface area contributed by atoms with Gasteiger partial charge >= 0.3 is 6.01 Å². The lowest BCUT2D eigenvalue weighted by Gasteiger charge is -2.31. The van der Waals surface area contributed by atoms with Gasteiger partial charge in [0.1, 0.15) is 6.10 Å². The Morgan fingerprint density at radius 3 is 2.84 bits per heavy atom. The second-order valence-corrected chi connectivity index (χ2v) is 7.03. The number of carbonyl (C=O) groups is 1. The summed E-state index contributed by atoms with van der Waals surface area (Å²) in [6, 6.07) is 7.75. The number of amides is 1. The quantitative estimate of drug-likeness (QED) is 0.700. The Morgan fingerprint density at radius 1 is 1.32 bits per heavy atom. The predicted octanol–water partition coefficient (Wildman–Crippen LogP) is 3.98. The summed E-state index contributed by atoms with van der Waals surface area (Å²) in [6.45, 7) is 1.23. The molecule has 0 radical (unpaired) electrons. The van der Waals surface area contributed by atoms with Crippen LogP contribution in [0.15, 0.2) is 47.2 Å². The number of hydrogen-bond acceptors (Lipinski definition) is 4. The summed E-state index contributed by atoms with van der Waals surface area (Å²) >= 11 is 9.39. The van der Waals surface area contributed by atoms with Crippen molar-refractivity contribution in [3.63, 3.8) is 0 Å². The van der Waals surface area contributed by atoms with Crippen molar-refractivity contribution in [2.24, 2.45) is 0 Å². The van der Waals surface area contributed by atoms with Crippen molar-refractivity contribution in [2.75, 3.05) is 13.1 Å². The van der Waals surface area contributed by atoms with Crippen molar-refractivity contribution in [3.8, 4) is 6.01 Å². The summed E-state index contributed by atoms with van der Waals surface area (Å²) in [6.07, 6.45) is 8.23. The third-order valence-corrected chi connectivity index (χ3v) is 4.62. The van der Waals surface area contributed by atoms with Crippen LogP contribution in [0.4, 0.5) is 0 Å². The van der Waals surface area contributed by atoms with E-state index in [1.165, 1.54) is 0 Å². The maximum atomic E-state index is 12.4. The number of nitrogens with zero attached hydrogens (tertiary/aromatic N) is 3. The number of aromatic nitrogens is 2. The molecular weight excluding hydrogens is 406 g/mol. The Morgan fingerprint density at radius 2 is 2.08 bits per heavy atom. The second-order valence-electron chi connectivity index (χ2n) is 5.71. The van der Waals surface area contributed by atoms with Gasteiger partial charge in [-0.2, -0.15) is 0 Å². The van der Waals surface area contributed by atoms with Crippen LogP contribution < -0.4 is 4.74 Å². The highest BCUT2D eigenvalue weighted by atomic mass is 79.9. The number of carbonyl (C=O) groups excluding carboxylic acids is 1. The zero-order valence-electron chi connectivity index (χ0n) is 13.4. The minimum Gasteiger partial charge on any atom is -0.458 e. The highest BCUT2D eigenvalue weighted by Gasteiger charge is 2.24. The molecule has 25 heavy (non-hydrogen) atoms. The van der Waals surface area contributed by atoms with E-state index in [0.717, 1.165) is 22.9 Å². The topological polar surface area (TPSA) is 55.3 Å². The van der Waals surface area contributed by atoms with Crippen molar-refractivity contribution < 1.29 is 9.53 Å². The van der Waals surface area contributed by atoms with E-state index in [-0.39, 0.29) is 12.0 Å². The van der Waals surface area contributed by atoms with E-state index in [2.05, 4.69) is 25.9 Å². The van der Waals surface area contributed by atoms with Crippen LogP contribution in [0.25, 0.3) is 6.08 Å². The summed E-state index contributed by atoms with van der Waals surface area (Å²) < 4.78 is 6.59. The molecule has 2 aromatic rings. The highest BCUT2D eigenvalue weighted by molar-refractivity contribution is 9.10. The van der Waals surface area contributed by atoms with Crippen molar-refractivity contribution in [1.82, 2.24) is 14.9 Å². The lowest BCUT2D eigenvalue weighted by Crippen LogP contribution is -2.43. The van der Waals surface area contributed by atoms with Gasteiger partial charge in [-0.05, 0) is 46.5 Å². The molecule has 7 heteroatoms. The first kappa shape index (κ1) is 17.9. The van der Waals surface area contributed by atoms with Gasteiger partial charge in [-0.1, -0.05) is 29.8 Å². The average molecular weight is 423 g/mol. The maximum Gasteiger partial charge on any atom is 0.316 e. The fourth-order valence-electron chi connectivity index (χ4n) is 2.62. The van der Waals surface area contributed by atoms with Crippen molar-refractivity contribution in [3.05, 3.63) is 57.8 Å². The fraction of sp³-hybridized carbons (Fsp3) is 0.278. The zero-order chi connectivity index (χ0) is 17.6. The molecule has 0 N–H and O–H groups in total. The number of ether oxygens (including phenoxy) is 1. The first-order valence-corrected chi connectivity index (χ1v) is 9.14. The number of hydrogen-bond donors (Lipinski definition) is 0. The number of likely N-dealkylation sites (tertiary alicyclic amines) is 1. The SMILES string of the molecule is O=C(/C=C/c1ccccc1Cl)N1CCCC(Oc2ncc(Br)cn2)C1. The first-order valence-electron chi connectivity index (χ1n) is 7.97. The van der Waals surface area contributed by atoms with Crippen LogP contribution in [0.3, 0.4) is 0 Å². The van der Waals surface area contributed by atoms with Crippen LogP contribution in [0, 0.1) is 0 Å². The molecule has 1 amide bonds. The molecule has 1 saturated heterocycles. The lowest BCUT2D eigenvalue weighted by atomic mass is 10.1. The fourth-order valence-corrected chi connectivity index (χ4v) is 3.03. The normalized spacial score (nSPS) is 17.7. The van der Waals surface area contributed by atoms with Gasteiger partial charge in [0, 0.05) is 30.0 Å². The molecule has 1 unspecified atom stereocenters. The van der Waals surface area contributed by atoms with Crippen LogP contribution >= 0.6 is 27.5 Å². The molecule has 5 nitrogen and oxygen atoms in total. The average Bonchev–Trinajstić information content (AvgIpc) is 2.63. The van der Waals surface area contributed by atoms with Crippen LogP contribution in [-0.2, 0) is 4.79 Å². The van der Waals surface area contributed by atoms with Crippen LogP contribution in [0.1, 0.15) is 18.4 Å². The Balaban J connectivity index is 1.59. The highest BCUT2D eigenvalue weighted by Crippen LogP contribution is 2.19. The van der Waals surface area contributed by atoms with Gasteiger partial charge in [0.05, 0.1) is 11.0 Å². The first-order chi connectivity index (χ1) is 12.1. The Hall–Kier alpha value is -1.92. The smallest absolute Gasteiger partial charge is 0.316 e. The number of piperidine rings is 1. The summed E-state index contributed by atoms with van der Waals surface area (Å²) in [4.78, 5) is 22.4. The molecule has 1 atom stereocenters. The van der Waals surface area contributed by atoms with Gasteiger partial charge in [-0.25, -0.2) is 9.97 Å². The molecule has 0 spiro atoms. The van der Waals surface area contributed by atoms with Crippen LogP contribution in [0.5, 0.6) is 6.01 Å². The van der Waals surface area contributed by atoms with E-state index in [1.807, 2.05) is 18.2 Å². The molecule has 3 rings (SSSR count). The van der Waals surface area contributed by atoms with Gasteiger partial charge in [-0.3, -0.25) is 4.79 Å². The van der Waals surface area contributed by atoms with E-state index >= 15 is 0 Å². The predicted molar refractivity (Wildman–Crippen MR) is 100 cm³/mol. The van der Waals surface area contributed by atoms with Crippen molar-refractivity contribution in [1.29, 1.82) is 0 Å². The molecule has 1 aliphatic heterocycles. The summed E-state index contributed by atoms with van der Waals surface area (Å²) in [7, 11) is 0. The van der Waals surface area contributed by atoms with Crippen molar-refractivity contribution >= 4 is 39.5 Å². The monoisotopic (exact) mass is 421 g/mol. The maximum absolute atomic E-state index is 12.4. The second kappa shape index (κ2) is 8.45. The van der Waals surface area contributed by atoms with Crippen molar-refractivity contribution in [2.45, 2.75) is 18.9 Å². The number of rotatable bonds is 4. The van der Waals surface area contributed by atoms with Gasteiger partial charge in [0.25, 0.3) is 0 Å². The molecule has 1 aliphatic rings. The molecule has 0 aliphatic carbocycles. The molecule has 0 bridgehead atoms. The van der Waals surface area contributed by atoms with E-state index in [0.29, 0.717) is 24.1 Å². The molecule has 1 fully saturated rings. The third-order valence-electron chi connectivity index (χ3n) is 3.87. The summed E-state index contributed by atoms with van der Waals surface area (Å²) in [5.74, 6) is -0.0510. The lowest BCUT2D eigenvalue weighted by molar-refractivity contribution is -0.128. The van der Waals surface area contributed by atoms with Gasteiger partial charge < -0.3 is 9.64 Å². The van der Waals surface area contributed by atoms with E-state index in [9.17, 15) is 4.79 Å². The van der Waals surface area contributed by atoms with Gasteiger partial charge in [-0.15, -0.1) is 0 Å². The zero-order valence-corrected chi connectivity index (χ0v) is 15.8. The van der Waals surface area contributed by atoms with Gasteiger partial charge in [0.2, 0.25) is 5.91 Å². The van der Waals surface area contributed by atoms with E-state index < -0.39 is 0 Å². The number of halogens is 2. The summed E-state index contributed by atoms with van der Waals surface area (Å²) in [5.41, 5.74) is 0.825. The molecule has 0 saturated carbocycles. The number of benzene rings is 1. The molecule has 1 aromatic carbocycles. The molecule has 1 aromatic heterocycles. The summed E-state index contributed by atoms with van der Waals surface area (Å²) in [5, 5.41) is 0.624. The molecular formula is C18H17BrClN3O2. The van der Waals surface area contributed by atoms with E-state index in [1.54, 1.807) is 35.5 Å². The standard InChI is InChI=1S/C18H17BrClN3O2/c19-14-10-21-18(22-11-14)25-15-5-3-9-23(12-15)17(24)8-7-13-4-1-2-6-16(13)20/h1-2,4,6-8,10-11,15H,3,5,9,12H2/b8-7+. The minimum absolute atomic E-state index is 0.0510.